The molecule has 9 heteroatoms. The van der Waals surface area contributed by atoms with E-state index < -0.39 is 29.3 Å². The Hall–Kier alpha value is -2.26. The standard InChI is InChI=1S/C19H21BrN4O4/c1-2-3-6-24-16(26)14-12(8-13(21)25)23-19(15(14)17(24)27)10-7-9(20)4-5-11(10)22-18(19)28/h4-5,7,12,14-15,23H,2-3,6,8H2,1H3,(H2,21,25)(H,22,28)/t12-,14-,15+,19-/m1/s1. The Balaban J connectivity index is 1.85. The van der Waals surface area contributed by atoms with Crippen molar-refractivity contribution in [1.82, 2.24) is 10.2 Å². The third kappa shape index (κ3) is 2.52. The number of unbranched alkanes of at least 4 members (excludes halogenated alkanes) is 1. The topological polar surface area (TPSA) is 122 Å². The number of benzene rings is 1. The van der Waals surface area contributed by atoms with Crippen molar-refractivity contribution in [1.29, 1.82) is 0 Å². The summed E-state index contributed by atoms with van der Waals surface area (Å²) in [4.78, 5) is 52.4. The van der Waals surface area contributed by atoms with Gasteiger partial charge in [-0.05, 0) is 24.6 Å². The van der Waals surface area contributed by atoms with Gasteiger partial charge >= 0.3 is 0 Å². The number of rotatable bonds is 5. The number of halogens is 1. The van der Waals surface area contributed by atoms with E-state index in [-0.39, 0.29) is 24.1 Å². The SMILES string of the molecule is CCCCN1C(=O)[C@H]2[C@@H](C1=O)[C@@]1(N[C@@H]2CC(N)=O)C(=O)Nc2ccc(Br)cc21. The highest BCUT2D eigenvalue weighted by molar-refractivity contribution is 9.10. The molecular formula is C19H21BrN4O4. The minimum Gasteiger partial charge on any atom is -0.370 e. The minimum absolute atomic E-state index is 0.125. The second-order valence-corrected chi connectivity index (χ2v) is 8.47. The lowest BCUT2D eigenvalue weighted by atomic mass is 9.76. The largest absolute Gasteiger partial charge is 0.370 e. The molecule has 8 nitrogen and oxygen atoms in total. The molecule has 1 aromatic rings. The first-order valence-electron chi connectivity index (χ1n) is 9.34. The van der Waals surface area contributed by atoms with Gasteiger partial charge in [-0.25, -0.2) is 0 Å². The van der Waals surface area contributed by atoms with Crippen molar-refractivity contribution in [3.63, 3.8) is 0 Å². The molecule has 4 N–H and O–H groups in total. The average molecular weight is 449 g/mol. The fraction of sp³-hybridized carbons (Fsp3) is 0.474. The molecule has 2 saturated heterocycles. The molecule has 148 valence electrons. The second kappa shape index (κ2) is 6.66. The van der Waals surface area contributed by atoms with Crippen molar-refractivity contribution in [3.05, 3.63) is 28.2 Å². The van der Waals surface area contributed by atoms with E-state index in [4.69, 9.17) is 5.73 Å². The van der Waals surface area contributed by atoms with Crippen LogP contribution in [0.15, 0.2) is 22.7 Å². The van der Waals surface area contributed by atoms with Gasteiger partial charge in [0.05, 0.1) is 11.8 Å². The first-order valence-corrected chi connectivity index (χ1v) is 10.1. The normalized spacial score (nSPS) is 30.7. The van der Waals surface area contributed by atoms with Crippen LogP contribution in [0.1, 0.15) is 31.7 Å². The van der Waals surface area contributed by atoms with Gasteiger partial charge in [-0.1, -0.05) is 29.3 Å². The van der Waals surface area contributed by atoms with Crippen molar-refractivity contribution in [2.45, 2.75) is 37.8 Å². The number of nitrogens with two attached hydrogens (primary N) is 1. The smallest absolute Gasteiger partial charge is 0.250 e. The van der Waals surface area contributed by atoms with E-state index in [9.17, 15) is 19.2 Å². The molecule has 0 aromatic heterocycles. The maximum Gasteiger partial charge on any atom is 0.250 e. The molecule has 0 aliphatic carbocycles. The zero-order valence-corrected chi connectivity index (χ0v) is 16.9. The summed E-state index contributed by atoms with van der Waals surface area (Å²) < 4.78 is 0.749. The number of carbonyl (C=O) groups is 4. The third-order valence-corrected chi connectivity index (χ3v) is 6.42. The maximum atomic E-state index is 13.3. The summed E-state index contributed by atoms with van der Waals surface area (Å²) in [5.41, 5.74) is 5.20. The Labute approximate surface area is 170 Å². The number of carbonyl (C=O) groups excluding carboxylic acids is 4. The molecule has 1 aromatic carbocycles. The molecule has 0 bridgehead atoms. The van der Waals surface area contributed by atoms with Crippen LogP contribution in [0.2, 0.25) is 0 Å². The van der Waals surface area contributed by atoms with Crippen LogP contribution in [0.4, 0.5) is 5.69 Å². The van der Waals surface area contributed by atoms with Crippen molar-refractivity contribution in [2.24, 2.45) is 17.6 Å². The van der Waals surface area contributed by atoms with E-state index in [1.807, 2.05) is 6.92 Å². The number of nitrogens with one attached hydrogen (secondary N) is 2. The molecule has 28 heavy (non-hydrogen) atoms. The van der Waals surface area contributed by atoms with Gasteiger partial charge in [0.15, 0.2) is 0 Å². The molecule has 2 fully saturated rings. The lowest BCUT2D eigenvalue weighted by Gasteiger charge is -2.29. The Kier molecular flexibility index (Phi) is 4.54. The predicted molar refractivity (Wildman–Crippen MR) is 104 cm³/mol. The molecule has 1 spiro atoms. The van der Waals surface area contributed by atoms with Crippen LogP contribution in [0, 0.1) is 11.8 Å². The molecule has 0 saturated carbocycles. The number of nitrogens with zero attached hydrogens (tertiary/aromatic N) is 1. The van der Waals surface area contributed by atoms with E-state index in [2.05, 4.69) is 26.6 Å². The van der Waals surface area contributed by atoms with Gasteiger partial charge in [0, 0.05) is 34.7 Å². The van der Waals surface area contributed by atoms with Gasteiger partial charge < -0.3 is 11.1 Å². The zero-order chi connectivity index (χ0) is 20.2. The van der Waals surface area contributed by atoms with Crippen LogP contribution < -0.4 is 16.4 Å². The van der Waals surface area contributed by atoms with Gasteiger partial charge in [0.2, 0.25) is 23.6 Å². The van der Waals surface area contributed by atoms with E-state index in [1.165, 1.54) is 4.90 Å². The monoisotopic (exact) mass is 448 g/mol. The van der Waals surface area contributed by atoms with E-state index in [0.29, 0.717) is 24.2 Å². The van der Waals surface area contributed by atoms with Crippen LogP contribution in [0.5, 0.6) is 0 Å². The second-order valence-electron chi connectivity index (χ2n) is 7.56. The average Bonchev–Trinajstić information content (AvgIpc) is 3.19. The lowest BCUT2D eigenvalue weighted by molar-refractivity contribution is -0.142. The number of likely N-dealkylation sites (tertiary alicyclic amines) is 1. The van der Waals surface area contributed by atoms with Gasteiger partial charge in [0.1, 0.15) is 5.54 Å². The fourth-order valence-corrected chi connectivity index (χ4v) is 5.12. The van der Waals surface area contributed by atoms with Crippen molar-refractivity contribution in [2.75, 3.05) is 11.9 Å². The number of hydrogen-bond donors (Lipinski definition) is 3. The van der Waals surface area contributed by atoms with Crippen LogP contribution in [0.25, 0.3) is 0 Å². The molecule has 4 atom stereocenters. The lowest BCUT2D eigenvalue weighted by Crippen LogP contribution is -2.53. The van der Waals surface area contributed by atoms with E-state index in [0.717, 1.165) is 10.9 Å². The molecule has 0 radical (unpaired) electrons. The quantitative estimate of drug-likeness (QED) is 0.576. The molecule has 3 aliphatic heterocycles. The van der Waals surface area contributed by atoms with Crippen LogP contribution in [-0.4, -0.2) is 41.1 Å². The van der Waals surface area contributed by atoms with Gasteiger partial charge in [-0.2, -0.15) is 0 Å². The third-order valence-electron chi connectivity index (χ3n) is 5.92. The summed E-state index contributed by atoms with van der Waals surface area (Å²) in [5.74, 6) is -3.39. The Morgan fingerprint density at radius 2 is 2.04 bits per heavy atom. The maximum absolute atomic E-state index is 13.3. The van der Waals surface area contributed by atoms with E-state index >= 15 is 0 Å². The van der Waals surface area contributed by atoms with Crippen LogP contribution in [-0.2, 0) is 24.7 Å². The number of hydrogen-bond acceptors (Lipinski definition) is 5. The Morgan fingerprint density at radius 3 is 2.71 bits per heavy atom. The molecule has 3 aliphatic rings. The highest BCUT2D eigenvalue weighted by Gasteiger charge is 2.70. The highest BCUT2D eigenvalue weighted by Crippen LogP contribution is 2.53. The number of primary amides is 1. The first kappa shape index (κ1) is 19.1. The molecule has 3 heterocycles. The first-order chi connectivity index (χ1) is 13.3. The summed E-state index contributed by atoms with van der Waals surface area (Å²) in [6.45, 7) is 2.29. The van der Waals surface area contributed by atoms with Gasteiger partial charge in [-0.3, -0.25) is 29.4 Å². The number of fused-ring (bicyclic) bond motifs is 4. The van der Waals surface area contributed by atoms with Gasteiger partial charge in [-0.15, -0.1) is 0 Å². The fourth-order valence-electron chi connectivity index (χ4n) is 4.76. The van der Waals surface area contributed by atoms with Crippen LogP contribution in [0.3, 0.4) is 0 Å². The van der Waals surface area contributed by atoms with Crippen molar-refractivity contribution >= 4 is 45.2 Å². The predicted octanol–water partition coefficient (Wildman–Crippen LogP) is 0.845. The van der Waals surface area contributed by atoms with Gasteiger partial charge in [0.25, 0.3) is 0 Å². The molecular weight excluding hydrogens is 428 g/mol. The number of anilines is 1. The summed E-state index contributed by atoms with van der Waals surface area (Å²) in [5, 5.41) is 5.99. The highest BCUT2D eigenvalue weighted by atomic mass is 79.9. The van der Waals surface area contributed by atoms with Crippen molar-refractivity contribution in [3.8, 4) is 0 Å². The molecule has 4 amide bonds. The Morgan fingerprint density at radius 1 is 1.29 bits per heavy atom. The molecule has 4 rings (SSSR count). The minimum atomic E-state index is -1.39. The Bertz CT molecular complexity index is 904. The summed E-state index contributed by atoms with van der Waals surface area (Å²) in [6, 6.07) is 4.64. The summed E-state index contributed by atoms with van der Waals surface area (Å²) >= 11 is 3.41. The number of amides is 4. The molecule has 0 unspecified atom stereocenters. The van der Waals surface area contributed by atoms with Crippen LogP contribution >= 0.6 is 15.9 Å². The van der Waals surface area contributed by atoms with Crippen molar-refractivity contribution < 1.29 is 19.2 Å². The summed E-state index contributed by atoms with van der Waals surface area (Å²) in [6.07, 6.45) is 1.39. The van der Waals surface area contributed by atoms with E-state index in [1.54, 1.807) is 18.2 Å². The number of imide groups is 1. The zero-order valence-electron chi connectivity index (χ0n) is 15.3. The summed E-state index contributed by atoms with van der Waals surface area (Å²) in [7, 11) is 0.